The van der Waals surface area contributed by atoms with Gasteiger partial charge in [0.05, 0.1) is 6.21 Å². The maximum Gasteiger partial charge on any atom is 0.271 e. The quantitative estimate of drug-likeness (QED) is 0.260. The summed E-state index contributed by atoms with van der Waals surface area (Å²) in [6, 6.07) is 17.6. The highest BCUT2D eigenvalue weighted by Gasteiger charge is 2.13. The van der Waals surface area contributed by atoms with Crippen LogP contribution in [0.25, 0.3) is 0 Å². The molecule has 0 fully saturated rings. The minimum Gasteiger partial charge on any atom is -0.504 e. The monoisotopic (exact) mass is 434 g/mol. The number of carbonyl (C=O) groups is 1. The topological polar surface area (TPSA) is 111 Å². The fourth-order valence-corrected chi connectivity index (χ4v) is 2.88. The van der Waals surface area contributed by atoms with Gasteiger partial charge in [0.25, 0.3) is 5.91 Å². The number of amides is 1. The molecule has 7 nitrogen and oxygen atoms in total. The highest BCUT2D eigenvalue weighted by Crippen LogP contribution is 2.35. The van der Waals surface area contributed by atoms with Crippen molar-refractivity contribution in [1.29, 1.82) is 0 Å². The highest BCUT2D eigenvalue weighted by molar-refractivity contribution is 5.96. The lowest BCUT2D eigenvalue weighted by Gasteiger charge is -2.19. The van der Waals surface area contributed by atoms with Gasteiger partial charge in [-0.2, -0.15) is 5.10 Å². The standard InChI is InChI=1S/C25H26N2O5/c1-25(2,3)19-8-4-17(5-9-19)15-32-20-10-6-16(7-11-20)14-26-27-24(31)18-12-21(28)23(30)22(29)13-18/h4-14,28-30H,15H2,1-3H3,(H,27,31)/b26-14+. The van der Waals surface area contributed by atoms with Gasteiger partial charge in [0.2, 0.25) is 0 Å². The molecule has 0 aliphatic carbocycles. The summed E-state index contributed by atoms with van der Waals surface area (Å²) in [6.45, 7) is 6.99. The first-order chi connectivity index (χ1) is 15.1. The summed E-state index contributed by atoms with van der Waals surface area (Å²) in [5.74, 6) is -1.82. The predicted molar refractivity (Wildman–Crippen MR) is 122 cm³/mol. The molecule has 0 heterocycles. The maximum absolute atomic E-state index is 12.1. The Balaban J connectivity index is 1.53. The molecule has 32 heavy (non-hydrogen) atoms. The van der Waals surface area contributed by atoms with Crippen LogP contribution in [0.2, 0.25) is 0 Å². The van der Waals surface area contributed by atoms with Gasteiger partial charge in [-0.1, -0.05) is 45.0 Å². The number of hydrogen-bond donors (Lipinski definition) is 4. The number of rotatable bonds is 6. The van der Waals surface area contributed by atoms with E-state index in [1.54, 1.807) is 12.1 Å². The smallest absolute Gasteiger partial charge is 0.271 e. The van der Waals surface area contributed by atoms with E-state index in [1.165, 1.54) is 11.8 Å². The molecule has 4 N–H and O–H groups in total. The third kappa shape index (κ3) is 5.78. The van der Waals surface area contributed by atoms with Crippen LogP contribution in [0, 0.1) is 0 Å². The van der Waals surface area contributed by atoms with Crippen molar-refractivity contribution in [2.75, 3.05) is 0 Å². The van der Waals surface area contributed by atoms with Gasteiger partial charge in [0, 0.05) is 5.56 Å². The second-order valence-corrected chi connectivity index (χ2v) is 8.37. The number of carbonyl (C=O) groups excluding carboxylic acids is 1. The lowest BCUT2D eigenvalue weighted by Crippen LogP contribution is -2.17. The van der Waals surface area contributed by atoms with E-state index in [4.69, 9.17) is 4.74 Å². The lowest BCUT2D eigenvalue weighted by molar-refractivity contribution is 0.0954. The van der Waals surface area contributed by atoms with Crippen molar-refractivity contribution in [2.24, 2.45) is 5.10 Å². The molecule has 3 aromatic rings. The van der Waals surface area contributed by atoms with Crippen LogP contribution < -0.4 is 10.2 Å². The van der Waals surface area contributed by atoms with Crippen molar-refractivity contribution in [2.45, 2.75) is 32.8 Å². The first-order valence-corrected chi connectivity index (χ1v) is 10.0. The van der Waals surface area contributed by atoms with E-state index in [1.807, 2.05) is 12.1 Å². The predicted octanol–water partition coefficient (Wildman–Crippen LogP) is 4.44. The number of phenolic OH excluding ortho intramolecular Hbond substituents is 3. The Morgan fingerprint density at radius 3 is 2.12 bits per heavy atom. The van der Waals surface area contributed by atoms with Crippen molar-refractivity contribution < 1.29 is 24.9 Å². The molecule has 0 radical (unpaired) electrons. The van der Waals surface area contributed by atoms with Crippen molar-refractivity contribution >= 4 is 12.1 Å². The molecule has 3 rings (SSSR count). The fraction of sp³-hybridized carbons (Fsp3) is 0.200. The van der Waals surface area contributed by atoms with E-state index < -0.39 is 23.2 Å². The van der Waals surface area contributed by atoms with E-state index in [9.17, 15) is 20.1 Å². The molecular formula is C25H26N2O5. The molecule has 166 valence electrons. The molecule has 0 spiro atoms. The Bertz CT molecular complexity index is 1090. The lowest BCUT2D eigenvalue weighted by atomic mass is 9.87. The Hall–Kier alpha value is -4.00. The Morgan fingerprint density at radius 2 is 1.56 bits per heavy atom. The van der Waals surface area contributed by atoms with Crippen molar-refractivity contribution in [3.63, 3.8) is 0 Å². The number of nitrogens with one attached hydrogen (secondary N) is 1. The molecule has 0 unspecified atom stereocenters. The minimum atomic E-state index is -0.686. The SMILES string of the molecule is CC(C)(C)c1ccc(COc2ccc(/C=N/NC(=O)c3cc(O)c(O)c(O)c3)cc2)cc1. The summed E-state index contributed by atoms with van der Waals surface area (Å²) in [5, 5.41) is 32.2. The highest BCUT2D eigenvalue weighted by atomic mass is 16.5. The number of hydrazone groups is 1. The Labute approximate surface area is 186 Å². The van der Waals surface area contributed by atoms with E-state index in [2.05, 4.69) is 55.6 Å². The summed E-state index contributed by atoms with van der Waals surface area (Å²) < 4.78 is 5.82. The molecule has 0 saturated carbocycles. The van der Waals surface area contributed by atoms with Crippen LogP contribution in [0.1, 0.15) is 47.8 Å². The van der Waals surface area contributed by atoms with Gasteiger partial charge in [-0.3, -0.25) is 4.79 Å². The van der Waals surface area contributed by atoms with Crippen molar-refractivity contribution in [3.05, 3.63) is 82.9 Å². The van der Waals surface area contributed by atoms with Gasteiger partial charge in [0.15, 0.2) is 17.2 Å². The van der Waals surface area contributed by atoms with Gasteiger partial charge in [-0.05, 0) is 58.5 Å². The summed E-state index contributed by atoms with van der Waals surface area (Å²) >= 11 is 0. The second kappa shape index (κ2) is 9.43. The fourth-order valence-electron chi connectivity index (χ4n) is 2.88. The van der Waals surface area contributed by atoms with Crippen LogP contribution >= 0.6 is 0 Å². The summed E-state index contributed by atoms with van der Waals surface area (Å²) in [5.41, 5.74) is 5.46. The zero-order valence-electron chi connectivity index (χ0n) is 18.2. The van der Waals surface area contributed by atoms with Crippen LogP contribution in [0.3, 0.4) is 0 Å². The van der Waals surface area contributed by atoms with Crippen LogP contribution in [0.5, 0.6) is 23.0 Å². The molecule has 0 aliphatic heterocycles. The molecule has 0 saturated heterocycles. The normalized spacial score (nSPS) is 11.5. The molecule has 0 aromatic heterocycles. The largest absolute Gasteiger partial charge is 0.504 e. The zero-order chi connectivity index (χ0) is 23.3. The maximum atomic E-state index is 12.1. The molecular weight excluding hydrogens is 408 g/mol. The third-order valence-electron chi connectivity index (χ3n) is 4.82. The Morgan fingerprint density at radius 1 is 0.969 bits per heavy atom. The number of hydrogen-bond acceptors (Lipinski definition) is 6. The van der Waals surface area contributed by atoms with Crippen LogP contribution in [-0.2, 0) is 12.0 Å². The van der Waals surface area contributed by atoms with Gasteiger partial charge in [-0.15, -0.1) is 0 Å². The summed E-state index contributed by atoms with van der Waals surface area (Å²) in [7, 11) is 0. The molecule has 7 heteroatoms. The van der Waals surface area contributed by atoms with E-state index >= 15 is 0 Å². The first-order valence-electron chi connectivity index (χ1n) is 10.0. The zero-order valence-corrected chi connectivity index (χ0v) is 18.2. The number of phenols is 3. The van der Waals surface area contributed by atoms with E-state index in [0.29, 0.717) is 12.4 Å². The van der Waals surface area contributed by atoms with Crippen LogP contribution in [0.4, 0.5) is 0 Å². The van der Waals surface area contributed by atoms with Gasteiger partial charge in [-0.25, -0.2) is 5.43 Å². The minimum absolute atomic E-state index is 0.0470. The molecule has 0 aliphatic rings. The first kappa shape index (κ1) is 22.7. The van der Waals surface area contributed by atoms with Crippen molar-refractivity contribution in [3.8, 4) is 23.0 Å². The molecule has 0 atom stereocenters. The van der Waals surface area contributed by atoms with E-state index in [0.717, 1.165) is 23.3 Å². The van der Waals surface area contributed by atoms with Crippen LogP contribution in [-0.4, -0.2) is 27.4 Å². The number of nitrogens with zero attached hydrogens (tertiary/aromatic N) is 1. The molecule has 1 amide bonds. The van der Waals surface area contributed by atoms with Gasteiger partial charge < -0.3 is 20.1 Å². The average molecular weight is 434 g/mol. The third-order valence-corrected chi connectivity index (χ3v) is 4.82. The molecule has 3 aromatic carbocycles. The Kier molecular flexibility index (Phi) is 6.68. The number of aromatic hydroxyl groups is 3. The van der Waals surface area contributed by atoms with Crippen LogP contribution in [0.15, 0.2) is 65.8 Å². The summed E-state index contributed by atoms with van der Waals surface area (Å²) in [4.78, 5) is 12.1. The number of ether oxygens (including phenoxy) is 1. The molecule has 0 bridgehead atoms. The average Bonchev–Trinajstić information content (AvgIpc) is 2.76. The van der Waals surface area contributed by atoms with E-state index in [-0.39, 0.29) is 11.0 Å². The van der Waals surface area contributed by atoms with Crippen molar-refractivity contribution in [1.82, 2.24) is 5.43 Å². The van der Waals surface area contributed by atoms with Gasteiger partial charge in [0.1, 0.15) is 12.4 Å². The summed E-state index contributed by atoms with van der Waals surface area (Å²) in [6.07, 6.45) is 1.45. The van der Waals surface area contributed by atoms with Gasteiger partial charge >= 0.3 is 0 Å². The second-order valence-electron chi connectivity index (χ2n) is 8.37. The number of benzene rings is 3.